The molecule has 1 saturated carbocycles. The van der Waals surface area contributed by atoms with Crippen molar-refractivity contribution in [1.82, 2.24) is 0 Å². The fourth-order valence-corrected chi connectivity index (χ4v) is 4.04. The van der Waals surface area contributed by atoms with Crippen LogP contribution in [0.15, 0.2) is 11.4 Å². The van der Waals surface area contributed by atoms with Crippen LogP contribution in [0.1, 0.15) is 50.5 Å². The Balaban J connectivity index is 1.94. The molecular weight excluding hydrogens is 266 g/mol. The molecule has 2 rings (SSSR count). The average Bonchev–Trinajstić information content (AvgIpc) is 2.79. The molecule has 2 nitrogen and oxygen atoms in total. The second kappa shape index (κ2) is 6.76. The predicted octanol–water partition coefficient (Wildman–Crippen LogP) is 3.79. The summed E-state index contributed by atoms with van der Waals surface area (Å²) in [6, 6.07) is 2.06. The highest BCUT2D eigenvalue weighted by Crippen LogP contribution is 2.40. The number of nitrogens with two attached hydrogens (primary N) is 1. The number of rotatable bonds is 3. The van der Waals surface area contributed by atoms with E-state index in [1.165, 1.54) is 17.7 Å². The first-order chi connectivity index (χ1) is 9.50. The third-order valence-corrected chi connectivity index (χ3v) is 4.76. The van der Waals surface area contributed by atoms with Crippen molar-refractivity contribution < 1.29 is 4.74 Å². The molecule has 0 aromatic carbocycles. The lowest BCUT2D eigenvalue weighted by molar-refractivity contribution is -0.0307. The lowest BCUT2D eigenvalue weighted by Crippen LogP contribution is -2.32. The number of ether oxygens (including phenoxy) is 1. The van der Waals surface area contributed by atoms with Crippen LogP contribution in [0.2, 0.25) is 0 Å². The van der Waals surface area contributed by atoms with Crippen LogP contribution in [0.3, 0.4) is 0 Å². The van der Waals surface area contributed by atoms with Gasteiger partial charge in [0.1, 0.15) is 0 Å². The van der Waals surface area contributed by atoms with E-state index in [-0.39, 0.29) is 0 Å². The zero-order valence-electron chi connectivity index (χ0n) is 12.7. The summed E-state index contributed by atoms with van der Waals surface area (Å²) in [5.74, 6) is 6.79. The normalized spacial score (nSPS) is 25.0. The van der Waals surface area contributed by atoms with Gasteiger partial charge in [0.25, 0.3) is 0 Å². The molecule has 1 fully saturated rings. The molecule has 1 aromatic rings. The molecule has 1 aromatic heterocycles. The lowest BCUT2D eigenvalue weighted by Gasteiger charge is -2.38. The standard InChI is InChI=1S/C17H25NOS/c1-13-9-15(11-17(2,3)10-13)19-12-16-14(5-4-7-18)6-8-20-16/h6,8,13,15H,7,9-12,18H2,1-3H3. The highest BCUT2D eigenvalue weighted by molar-refractivity contribution is 7.10. The van der Waals surface area contributed by atoms with Crippen molar-refractivity contribution in [3.05, 3.63) is 21.9 Å². The van der Waals surface area contributed by atoms with E-state index >= 15 is 0 Å². The molecule has 1 aliphatic carbocycles. The molecule has 1 aliphatic rings. The zero-order valence-corrected chi connectivity index (χ0v) is 13.6. The summed E-state index contributed by atoms with van der Waals surface area (Å²) in [4.78, 5) is 1.22. The van der Waals surface area contributed by atoms with E-state index in [1.54, 1.807) is 11.3 Å². The molecule has 1 heterocycles. The third-order valence-electron chi connectivity index (χ3n) is 3.87. The van der Waals surface area contributed by atoms with Crippen LogP contribution >= 0.6 is 11.3 Å². The molecule has 2 atom stereocenters. The van der Waals surface area contributed by atoms with E-state index in [9.17, 15) is 0 Å². The van der Waals surface area contributed by atoms with E-state index in [2.05, 4.69) is 44.1 Å². The number of thiophene rings is 1. The Morgan fingerprint density at radius 3 is 2.95 bits per heavy atom. The summed E-state index contributed by atoms with van der Waals surface area (Å²) >= 11 is 1.72. The first kappa shape index (κ1) is 15.6. The molecule has 110 valence electrons. The van der Waals surface area contributed by atoms with Gasteiger partial charge >= 0.3 is 0 Å². The molecule has 0 aliphatic heterocycles. The Hall–Kier alpha value is -0.820. The Morgan fingerprint density at radius 2 is 2.25 bits per heavy atom. The summed E-state index contributed by atoms with van der Waals surface area (Å²) in [5, 5.41) is 2.08. The molecule has 0 bridgehead atoms. The van der Waals surface area contributed by atoms with Gasteiger partial charge < -0.3 is 10.5 Å². The summed E-state index contributed by atoms with van der Waals surface area (Å²) in [7, 11) is 0. The SMILES string of the molecule is CC1CC(OCc2sccc2C#CCN)CC(C)(C)C1. The molecule has 0 amide bonds. The van der Waals surface area contributed by atoms with Gasteiger partial charge in [-0.2, -0.15) is 0 Å². The molecule has 2 N–H and O–H groups in total. The quantitative estimate of drug-likeness (QED) is 0.860. The summed E-state index contributed by atoms with van der Waals surface area (Å²) < 4.78 is 6.17. The predicted molar refractivity (Wildman–Crippen MR) is 85.6 cm³/mol. The lowest BCUT2D eigenvalue weighted by atomic mass is 9.71. The largest absolute Gasteiger partial charge is 0.373 e. The fourth-order valence-electron chi connectivity index (χ4n) is 3.29. The molecule has 20 heavy (non-hydrogen) atoms. The fraction of sp³-hybridized carbons (Fsp3) is 0.647. The van der Waals surface area contributed by atoms with Crippen LogP contribution < -0.4 is 5.73 Å². The van der Waals surface area contributed by atoms with Crippen molar-refractivity contribution in [3.8, 4) is 11.8 Å². The number of hydrogen-bond donors (Lipinski definition) is 1. The maximum absolute atomic E-state index is 6.17. The smallest absolute Gasteiger partial charge is 0.0825 e. The first-order valence-corrected chi connectivity index (χ1v) is 8.25. The van der Waals surface area contributed by atoms with Crippen LogP contribution in [-0.4, -0.2) is 12.6 Å². The van der Waals surface area contributed by atoms with E-state index in [0.29, 0.717) is 24.7 Å². The van der Waals surface area contributed by atoms with Gasteiger partial charge in [-0.1, -0.05) is 32.6 Å². The van der Waals surface area contributed by atoms with Crippen molar-refractivity contribution in [2.75, 3.05) is 6.54 Å². The Labute approximate surface area is 126 Å². The molecule has 2 unspecified atom stereocenters. The minimum Gasteiger partial charge on any atom is -0.373 e. The molecular formula is C17H25NOS. The van der Waals surface area contributed by atoms with Crippen LogP contribution in [0, 0.1) is 23.2 Å². The second-order valence-corrected chi connectivity index (χ2v) is 7.61. The second-order valence-electron chi connectivity index (χ2n) is 6.61. The van der Waals surface area contributed by atoms with Gasteiger partial charge in [0, 0.05) is 10.4 Å². The van der Waals surface area contributed by atoms with Gasteiger partial charge in [0.2, 0.25) is 0 Å². The Kier molecular flexibility index (Phi) is 5.26. The van der Waals surface area contributed by atoms with Crippen molar-refractivity contribution in [2.45, 2.75) is 52.7 Å². The van der Waals surface area contributed by atoms with Crippen molar-refractivity contribution in [3.63, 3.8) is 0 Å². The van der Waals surface area contributed by atoms with E-state index in [4.69, 9.17) is 10.5 Å². The zero-order chi connectivity index (χ0) is 14.6. The minimum absolute atomic E-state index is 0.381. The van der Waals surface area contributed by atoms with Crippen molar-refractivity contribution in [1.29, 1.82) is 0 Å². The maximum atomic E-state index is 6.17. The van der Waals surface area contributed by atoms with Crippen LogP contribution in [0.5, 0.6) is 0 Å². The van der Waals surface area contributed by atoms with Gasteiger partial charge in [-0.25, -0.2) is 0 Å². The van der Waals surface area contributed by atoms with Crippen molar-refractivity contribution in [2.24, 2.45) is 17.1 Å². The highest BCUT2D eigenvalue weighted by atomic mass is 32.1. The Bertz CT molecular complexity index is 495. The Morgan fingerprint density at radius 1 is 1.45 bits per heavy atom. The van der Waals surface area contributed by atoms with Gasteiger partial charge in [-0.3, -0.25) is 0 Å². The van der Waals surface area contributed by atoms with Gasteiger partial charge in [0.15, 0.2) is 0 Å². The maximum Gasteiger partial charge on any atom is 0.0825 e. The topological polar surface area (TPSA) is 35.2 Å². The van der Waals surface area contributed by atoms with Crippen LogP contribution in [0.25, 0.3) is 0 Å². The average molecular weight is 291 g/mol. The highest BCUT2D eigenvalue weighted by Gasteiger charge is 2.32. The van der Waals surface area contributed by atoms with E-state index in [0.717, 1.165) is 17.9 Å². The van der Waals surface area contributed by atoms with E-state index in [1.807, 2.05) is 0 Å². The van der Waals surface area contributed by atoms with E-state index < -0.39 is 0 Å². The summed E-state index contributed by atoms with van der Waals surface area (Å²) in [6.45, 7) is 8.12. The molecule has 3 heteroatoms. The van der Waals surface area contributed by atoms with Crippen LogP contribution in [0.4, 0.5) is 0 Å². The van der Waals surface area contributed by atoms with Gasteiger partial charge in [0.05, 0.1) is 19.3 Å². The van der Waals surface area contributed by atoms with Crippen molar-refractivity contribution >= 4 is 11.3 Å². The van der Waals surface area contributed by atoms with Gasteiger partial charge in [-0.05, 0) is 42.0 Å². The van der Waals surface area contributed by atoms with Gasteiger partial charge in [-0.15, -0.1) is 11.3 Å². The molecule has 0 radical (unpaired) electrons. The molecule has 0 saturated heterocycles. The molecule has 0 spiro atoms. The third kappa shape index (κ3) is 4.34. The van der Waals surface area contributed by atoms with Crippen LogP contribution in [-0.2, 0) is 11.3 Å². The minimum atomic E-state index is 0.381. The summed E-state index contributed by atoms with van der Waals surface area (Å²) in [5.41, 5.74) is 6.91. The summed E-state index contributed by atoms with van der Waals surface area (Å²) in [6.07, 6.45) is 4.02. The monoisotopic (exact) mass is 291 g/mol. The first-order valence-electron chi connectivity index (χ1n) is 7.37. The number of hydrogen-bond acceptors (Lipinski definition) is 3.